The van der Waals surface area contributed by atoms with E-state index in [0.717, 1.165) is 51.6 Å². The highest BCUT2D eigenvalue weighted by molar-refractivity contribution is 5.90. The van der Waals surface area contributed by atoms with Crippen LogP contribution < -0.4 is 5.32 Å². The monoisotopic (exact) mass is 334 g/mol. The second kappa shape index (κ2) is 6.51. The molecule has 2 saturated heterocycles. The van der Waals surface area contributed by atoms with E-state index in [1.165, 1.54) is 0 Å². The number of nitrogens with zero attached hydrogens (tertiary/aromatic N) is 3. The molecule has 8 heteroatoms. The smallest absolute Gasteiger partial charge is 0.309 e. The van der Waals surface area contributed by atoms with E-state index in [-0.39, 0.29) is 35.7 Å². The summed E-state index contributed by atoms with van der Waals surface area (Å²) in [7, 11) is 0. The molecule has 1 aromatic rings. The zero-order chi connectivity index (χ0) is 16.5. The second-order valence-electron chi connectivity index (χ2n) is 6.84. The van der Waals surface area contributed by atoms with Crippen molar-refractivity contribution in [3.63, 3.8) is 0 Å². The number of nitrogens with one attached hydrogen (secondary N) is 1. The fourth-order valence-corrected chi connectivity index (χ4v) is 3.44. The molecule has 2 aliphatic heterocycles. The maximum Gasteiger partial charge on any atom is 0.309 e. The molecule has 0 radical (unpaired) electrons. The molecule has 1 aromatic heterocycles. The number of hydrogen-bond acceptors (Lipinski definition) is 7. The van der Waals surface area contributed by atoms with Crippen LogP contribution in [-0.2, 0) is 9.53 Å². The SMILES string of the molecule is O=C(NC1CC1)c1noc(C2CCCN2CCC2CCOC2=O)n1. The van der Waals surface area contributed by atoms with Crippen molar-refractivity contribution in [2.75, 3.05) is 19.7 Å². The molecule has 2 atom stereocenters. The van der Waals surface area contributed by atoms with E-state index >= 15 is 0 Å². The average Bonchev–Trinajstić information content (AvgIpc) is 2.97. The van der Waals surface area contributed by atoms with Gasteiger partial charge in [-0.1, -0.05) is 5.16 Å². The van der Waals surface area contributed by atoms with Gasteiger partial charge in [0.05, 0.1) is 18.6 Å². The summed E-state index contributed by atoms with van der Waals surface area (Å²) in [6, 6.07) is 0.311. The number of carbonyl (C=O) groups is 2. The third kappa shape index (κ3) is 3.28. The summed E-state index contributed by atoms with van der Waals surface area (Å²) in [4.78, 5) is 30.1. The molecule has 1 N–H and O–H groups in total. The van der Waals surface area contributed by atoms with Gasteiger partial charge >= 0.3 is 5.97 Å². The Bertz CT molecular complexity index is 627. The van der Waals surface area contributed by atoms with Crippen LogP contribution in [0.25, 0.3) is 0 Å². The summed E-state index contributed by atoms with van der Waals surface area (Å²) >= 11 is 0. The number of carbonyl (C=O) groups excluding carboxylic acids is 2. The van der Waals surface area contributed by atoms with E-state index in [1.807, 2.05) is 0 Å². The molecule has 130 valence electrons. The van der Waals surface area contributed by atoms with Crippen molar-refractivity contribution in [1.82, 2.24) is 20.4 Å². The van der Waals surface area contributed by atoms with Crippen LogP contribution >= 0.6 is 0 Å². The van der Waals surface area contributed by atoms with Gasteiger partial charge in [0.1, 0.15) is 0 Å². The van der Waals surface area contributed by atoms with Crippen LogP contribution in [0.4, 0.5) is 0 Å². The largest absolute Gasteiger partial charge is 0.465 e. The minimum absolute atomic E-state index is 0.00816. The van der Waals surface area contributed by atoms with Gasteiger partial charge in [0, 0.05) is 6.04 Å². The van der Waals surface area contributed by atoms with E-state index < -0.39 is 0 Å². The molecule has 3 fully saturated rings. The van der Waals surface area contributed by atoms with Gasteiger partial charge in [0.2, 0.25) is 5.89 Å². The maximum atomic E-state index is 12.0. The first-order chi connectivity index (χ1) is 11.7. The third-order valence-electron chi connectivity index (χ3n) is 5.01. The van der Waals surface area contributed by atoms with E-state index in [4.69, 9.17) is 9.26 Å². The number of likely N-dealkylation sites (tertiary alicyclic amines) is 1. The number of ether oxygens (including phenoxy) is 1. The molecular formula is C16H22N4O4. The number of amides is 1. The normalized spacial score (nSPS) is 27.4. The van der Waals surface area contributed by atoms with Gasteiger partial charge in [-0.25, -0.2) is 0 Å². The van der Waals surface area contributed by atoms with Crippen molar-refractivity contribution in [2.24, 2.45) is 5.92 Å². The summed E-state index contributed by atoms with van der Waals surface area (Å²) in [6.45, 7) is 2.28. The first-order valence-corrected chi connectivity index (χ1v) is 8.76. The topological polar surface area (TPSA) is 97.6 Å². The van der Waals surface area contributed by atoms with E-state index in [0.29, 0.717) is 12.5 Å². The molecule has 1 aliphatic carbocycles. The standard InChI is InChI=1S/C16H22N4O4/c21-14(17-11-3-4-11)13-18-15(24-19-13)12-2-1-7-20(12)8-5-10-6-9-23-16(10)22/h10-12H,1-9H2,(H,17,21). The van der Waals surface area contributed by atoms with Crippen LogP contribution in [0.2, 0.25) is 0 Å². The Labute approximate surface area is 139 Å². The molecule has 3 aliphatic rings. The molecule has 8 nitrogen and oxygen atoms in total. The van der Waals surface area contributed by atoms with Crippen LogP contribution in [0.3, 0.4) is 0 Å². The van der Waals surface area contributed by atoms with Crippen LogP contribution in [0, 0.1) is 5.92 Å². The highest BCUT2D eigenvalue weighted by Crippen LogP contribution is 2.32. The van der Waals surface area contributed by atoms with Gasteiger partial charge < -0.3 is 14.6 Å². The minimum atomic E-state index is -0.259. The lowest BCUT2D eigenvalue weighted by molar-refractivity contribution is -0.141. The molecule has 1 saturated carbocycles. The molecule has 0 aromatic carbocycles. The first-order valence-electron chi connectivity index (χ1n) is 8.76. The summed E-state index contributed by atoms with van der Waals surface area (Å²) in [5, 5.41) is 6.69. The van der Waals surface area contributed by atoms with Crippen molar-refractivity contribution in [3.05, 3.63) is 11.7 Å². The maximum absolute atomic E-state index is 12.0. The predicted molar refractivity (Wildman–Crippen MR) is 82.0 cm³/mol. The summed E-state index contributed by atoms with van der Waals surface area (Å²) < 4.78 is 10.4. The number of rotatable bonds is 6. The fourth-order valence-electron chi connectivity index (χ4n) is 3.44. The second-order valence-corrected chi connectivity index (χ2v) is 6.84. The summed E-state index contributed by atoms with van der Waals surface area (Å²) in [5.74, 6) is 0.285. The van der Waals surface area contributed by atoms with Gasteiger partial charge in [-0.15, -0.1) is 0 Å². The summed E-state index contributed by atoms with van der Waals surface area (Å²) in [5.41, 5.74) is 0. The van der Waals surface area contributed by atoms with Gasteiger partial charge in [-0.05, 0) is 51.6 Å². The quantitative estimate of drug-likeness (QED) is 0.777. The Kier molecular flexibility index (Phi) is 4.22. The molecule has 0 spiro atoms. The van der Waals surface area contributed by atoms with Gasteiger partial charge in [0.25, 0.3) is 11.7 Å². The van der Waals surface area contributed by atoms with E-state index in [1.54, 1.807) is 0 Å². The van der Waals surface area contributed by atoms with Gasteiger partial charge in [0.15, 0.2) is 0 Å². The molecular weight excluding hydrogens is 312 g/mol. The Hall–Kier alpha value is -1.96. The minimum Gasteiger partial charge on any atom is -0.465 e. The average molecular weight is 334 g/mol. The summed E-state index contributed by atoms with van der Waals surface area (Å²) in [6.07, 6.45) is 5.63. The Morgan fingerprint density at radius 1 is 1.29 bits per heavy atom. The Morgan fingerprint density at radius 3 is 2.92 bits per heavy atom. The number of aromatic nitrogens is 2. The molecule has 4 rings (SSSR count). The van der Waals surface area contributed by atoms with Gasteiger partial charge in [-0.3, -0.25) is 14.5 Å². The predicted octanol–water partition coefficient (Wildman–Crippen LogP) is 1.05. The number of hydrogen-bond donors (Lipinski definition) is 1. The van der Waals surface area contributed by atoms with Crippen LogP contribution in [0.1, 0.15) is 61.1 Å². The van der Waals surface area contributed by atoms with Crippen molar-refractivity contribution in [3.8, 4) is 0 Å². The van der Waals surface area contributed by atoms with Crippen LogP contribution in [0.5, 0.6) is 0 Å². The van der Waals surface area contributed by atoms with Crippen LogP contribution in [0.15, 0.2) is 4.52 Å². The Balaban J connectivity index is 1.36. The highest BCUT2D eigenvalue weighted by atomic mass is 16.5. The lowest BCUT2D eigenvalue weighted by Crippen LogP contribution is -2.28. The van der Waals surface area contributed by atoms with Crippen molar-refractivity contribution in [2.45, 2.75) is 50.6 Å². The zero-order valence-electron chi connectivity index (χ0n) is 13.6. The lowest BCUT2D eigenvalue weighted by atomic mass is 10.0. The molecule has 3 heterocycles. The molecule has 2 unspecified atom stereocenters. The number of cyclic esters (lactones) is 1. The first kappa shape index (κ1) is 15.6. The van der Waals surface area contributed by atoms with Crippen molar-refractivity contribution < 1.29 is 18.8 Å². The Morgan fingerprint density at radius 2 is 2.17 bits per heavy atom. The highest BCUT2D eigenvalue weighted by Gasteiger charge is 2.34. The number of esters is 1. The van der Waals surface area contributed by atoms with Crippen molar-refractivity contribution in [1.29, 1.82) is 0 Å². The van der Waals surface area contributed by atoms with Crippen molar-refractivity contribution >= 4 is 11.9 Å². The molecule has 24 heavy (non-hydrogen) atoms. The fraction of sp³-hybridized carbons (Fsp3) is 0.750. The molecule has 1 amide bonds. The zero-order valence-corrected chi connectivity index (χ0v) is 13.6. The lowest BCUT2D eigenvalue weighted by Gasteiger charge is -2.22. The van der Waals surface area contributed by atoms with Gasteiger partial charge in [-0.2, -0.15) is 4.98 Å². The van der Waals surface area contributed by atoms with E-state index in [2.05, 4.69) is 20.4 Å². The third-order valence-corrected chi connectivity index (χ3v) is 5.01. The van der Waals surface area contributed by atoms with E-state index in [9.17, 15) is 9.59 Å². The molecule has 0 bridgehead atoms. The van der Waals surface area contributed by atoms with Crippen LogP contribution in [-0.4, -0.2) is 52.7 Å².